The SMILES string of the molecule is C=CC(=O)OC(COCCOC)(OCC)OCCOCC. The highest BCUT2D eigenvalue weighted by molar-refractivity contribution is 5.81. The largest absolute Gasteiger partial charge is 0.402 e. The van der Waals surface area contributed by atoms with Gasteiger partial charge >= 0.3 is 11.9 Å². The van der Waals surface area contributed by atoms with Crippen LogP contribution in [0.1, 0.15) is 13.8 Å². The minimum Gasteiger partial charge on any atom is -0.402 e. The zero-order valence-corrected chi connectivity index (χ0v) is 13.1. The van der Waals surface area contributed by atoms with Crippen molar-refractivity contribution in [3.8, 4) is 0 Å². The summed E-state index contributed by atoms with van der Waals surface area (Å²) in [5.41, 5.74) is 0. The predicted molar refractivity (Wildman–Crippen MR) is 75.8 cm³/mol. The second kappa shape index (κ2) is 12.7. The quantitative estimate of drug-likeness (QED) is 0.206. The lowest BCUT2D eigenvalue weighted by molar-refractivity contribution is -0.376. The van der Waals surface area contributed by atoms with E-state index in [-0.39, 0.29) is 19.8 Å². The van der Waals surface area contributed by atoms with E-state index >= 15 is 0 Å². The van der Waals surface area contributed by atoms with Crippen molar-refractivity contribution in [1.29, 1.82) is 0 Å². The van der Waals surface area contributed by atoms with Crippen molar-refractivity contribution in [2.75, 3.05) is 53.4 Å². The summed E-state index contributed by atoms with van der Waals surface area (Å²) in [4.78, 5) is 11.5. The van der Waals surface area contributed by atoms with Crippen molar-refractivity contribution in [3.63, 3.8) is 0 Å². The second-order valence-electron chi connectivity index (χ2n) is 3.83. The first-order chi connectivity index (χ1) is 10.1. The maximum Gasteiger partial charge on any atom is 0.354 e. The van der Waals surface area contributed by atoms with Gasteiger partial charge in [0.1, 0.15) is 6.61 Å². The molecule has 0 fully saturated rings. The van der Waals surface area contributed by atoms with Crippen molar-refractivity contribution < 1.29 is 33.2 Å². The van der Waals surface area contributed by atoms with E-state index in [4.69, 9.17) is 28.4 Å². The molecule has 0 bridgehead atoms. The van der Waals surface area contributed by atoms with Crippen LogP contribution in [0.5, 0.6) is 0 Å². The van der Waals surface area contributed by atoms with Gasteiger partial charge in [-0.1, -0.05) is 6.58 Å². The van der Waals surface area contributed by atoms with Gasteiger partial charge in [-0.15, -0.1) is 0 Å². The van der Waals surface area contributed by atoms with Gasteiger partial charge in [0, 0.05) is 19.8 Å². The summed E-state index contributed by atoms with van der Waals surface area (Å²) in [5.74, 6) is -2.26. The number of methoxy groups -OCH3 is 1. The van der Waals surface area contributed by atoms with Crippen molar-refractivity contribution >= 4 is 5.97 Å². The number of rotatable bonds is 14. The molecule has 7 nitrogen and oxygen atoms in total. The summed E-state index contributed by atoms with van der Waals surface area (Å²) < 4.78 is 31.5. The molecule has 0 amide bonds. The lowest BCUT2D eigenvalue weighted by atomic mass is 10.5. The molecule has 124 valence electrons. The Bertz CT molecular complexity index is 268. The maximum atomic E-state index is 11.5. The van der Waals surface area contributed by atoms with Crippen molar-refractivity contribution in [3.05, 3.63) is 12.7 Å². The molecule has 0 aromatic heterocycles. The molecule has 7 heteroatoms. The molecule has 0 spiro atoms. The molecule has 0 saturated carbocycles. The molecule has 0 aliphatic carbocycles. The molecule has 0 rings (SSSR count). The molecule has 0 aliphatic rings. The van der Waals surface area contributed by atoms with Crippen LogP contribution in [0.25, 0.3) is 0 Å². The van der Waals surface area contributed by atoms with E-state index in [1.54, 1.807) is 14.0 Å². The van der Waals surface area contributed by atoms with Crippen LogP contribution in [0, 0.1) is 0 Å². The first-order valence-electron chi connectivity index (χ1n) is 6.91. The standard InChI is InChI=1S/C14H26O7/c1-5-13(15)21-14(19-7-3,12-18-9-8-16-4)20-11-10-17-6-2/h5H,1,6-12H2,2-4H3. The average molecular weight is 306 g/mol. The van der Waals surface area contributed by atoms with E-state index in [0.717, 1.165) is 6.08 Å². The third-order valence-electron chi connectivity index (χ3n) is 2.25. The summed E-state index contributed by atoms with van der Waals surface area (Å²) >= 11 is 0. The Morgan fingerprint density at radius 2 is 1.76 bits per heavy atom. The normalized spacial score (nSPS) is 13.7. The highest BCUT2D eigenvalue weighted by Crippen LogP contribution is 2.17. The number of esters is 1. The second-order valence-corrected chi connectivity index (χ2v) is 3.83. The Morgan fingerprint density at radius 1 is 1.05 bits per heavy atom. The van der Waals surface area contributed by atoms with Gasteiger partial charge in [0.15, 0.2) is 0 Å². The molecule has 0 radical (unpaired) electrons. The minimum atomic E-state index is -1.61. The van der Waals surface area contributed by atoms with Crippen LogP contribution in [0.15, 0.2) is 12.7 Å². The first-order valence-corrected chi connectivity index (χ1v) is 6.91. The Morgan fingerprint density at radius 3 is 2.33 bits per heavy atom. The van der Waals surface area contributed by atoms with Crippen LogP contribution >= 0.6 is 0 Å². The zero-order valence-electron chi connectivity index (χ0n) is 13.1. The smallest absolute Gasteiger partial charge is 0.354 e. The Balaban J connectivity index is 4.60. The molecule has 0 aliphatic heterocycles. The number of hydrogen-bond acceptors (Lipinski definition) is 7. The fourth-order valence-corrected chi connectivity index (χ4v) is 1.37. The van der Waals surface area contributed by atoms with E-state index in [0.29, 0.717) is 26.4 Å². The van der Waals surface area contributed by atoms with Crippen LogP contribution in [-0.4, -0.2) is 65.3 Å². The topological polar surface area (TPSA) is 72.5 Å². The van der Waals surface area contributed by atoms with Crippen LogP contribution in [0.3, 0.4) is 0 Å². The van der Waals surface area contributed by atoms with Crippen LogP contribution in [-0.2, 0) is 33.2 Å². The monoisotopic (exact) mass is 306 g/mol. The Kier molecular flexibility index (Phi) is 12.1. The van der Waals surface area contributed by atoms with Crippen LogP contribution < -0.4 is 0 Å². The van der Waals surface area contributed by atoms with Gasteiger partial charge in [-0.3, -0.25) is 0 Å². The van der Waals surface area contributed by atoms with Gasteiger partial charge < -0.3 is 28.4 Å². The molecular formula is C14H26O7. The summed E-state index contributed by atoms with van der Waals surface area (Å²) in [6.07, 6.45) is 1.04. The average Bonchev–Trinajstić information content (AvgIpc) is 2.48. The van der Waals surface area contributed by atoms with E-state index in [9.17, 15) is 4.79 Å². The lowest BCUT2D eigenvalue weighted by Crippen LogP contribution is -2.46. The van der Waals surface area contributed by atoms with Crippen molar-refractivity contribution in [2.24, 2.45) is 0 Å². The summed E-state index contributed by atoms with van der Waals surface area (Å²) in [6, 6.07) is 0. The van der Waals surface area contributed by atoms with Gasteiger partial charge in [-0.25, -0.2) is 4.79 Å². The van der Waals surface area contributed by atoms with Gasteiger partial charge in [0.2, 0.25) is 0 Å². The molecule has 0 aromatic rings. The van der Waals surface area contributed by atoms with Crippen LogP contribution in [0.2, 0.25) is 0 Å². The Labute approximate surface area is 126 Å². The number of carbonyl (C=O) groups is 1. The molecule has 1 unspecified atom stereocenters. The number of ether oxygens (including phenoxy) is 6. The minimum absolute atomic E-state index is 0.0735. The molecule has 0 saturated heterocycles. The number of hydrogen-bond donors (Lipinski definition) is 0. The summed E-state index contributed by atoms with van der Waals surface area (Å²) in [7, 11) is 1.56. The van der Waals surface area contributed by atoms with Crippen molar-refractivity contribution in [1.82, 2.24) is 0 Å². The fraction of sp³-hybridized carbons (Fsp3) is 0.786. The molecular weight excluding hydrogens is 280 g/mol. The lowest BCUT2D eigenvalue weighted by Gasteiger charge is -2.31. The molecule has 0 heterocycles. The third kappa shape index (κ3) is 9.54. The van der Waals surface area contributed by atoms with Crippen LogP contribution in [0.4, 0.5) is 0 Å². The van der Waals surface area contributed by atoms with Gasteiger partial charge in [-0.05, 0) is 13.8 Å². The van der Waals surface area contributed by atoms with Crippen molar-refractivity contribution in [2.45, 2.75) is 19.8 Å². The number of carbonyl (C=O) groups excluding carboxylic acids is 1. The van der Waals surface area contributed by atoms with Gasteiger partial charge in [0.05, 0.1) is 33.0 Å². The summed E-state index contributed by atoms with van der Waals surface area (Å²) in [6.45, 7) is 9.07. The molecule has 21 heavy (non-hydrogen) atoms. The molecule has 0 aromatic carbocycles. The first kappa shape index (κ1) is 20.0. The van der Waals surface area contributed by atoms with Gasteiger partial charge in [0.25, 0.3) is 0 Å². The predicted octanol–water partition coefficient (Wildman–Crippen LogP) is 1.12. The highest BCUT2D eigenvalue weighted by atomic mass is 16.9. The van der Waals surface area contributed by atoms with E-state index in [1.807, 2.05) is 6.92 Å². The molecule has 0 N–H and O–H groups in total. The van der Waals surface area contributed by atoms with E-state index < -0.39 is 11.9 Å². The molecule has 1 atom stereocenters. The Hall–Kier alpha value is -0.990. The highest BCUT2D eigenvalue weighted by Gasteiger charge is 2.37. The van der Waals surface area contributed by atoms with E-state index in [1.165, 1.54) is 0 Å². The summed E-state index contributed by atoms with van der Waals surface area (Å²) in [5, 5.41) is 0. The van der Waals surface area contributed by atoms with E-state index in [2.05, 4.69) is 6.58 Å². The maximum absolute atomic E-state index is 11.5. The third-order valence-corrected chi connectivity index (χ3v) is 2.25. The zero-order chi connectivity index (χ0) is 16.0. The van der Waals surface area contributed by atoms with Gasteiger partial charge in [-0.2, -0.15) is 0 Å². The fourth-order valence-electron chi connectivity index (χ4n) is 1.37.